The van der Waals surface area contributed by atoms with E-state index in [0.29, 0.717) is 16.7 Å². The van der Waals surface area contributed by atoms with Gasteiger partial charge in [-0.2, -0.15) is 0 Å². The molecular weight excluding hydrogens is 637 g/mol. The lowest BCUT2D eigenvalue weighted by molar-refractivity contribution is -0.353. The van der Waals surface area contributed by atoms with E-state index < -0.39 is 10.1 Å². The van der Waals surface area contributed by atoms with E-state index in [0.717, 1.165) is 45.0 Å². The van der Waals surface area contributed by atoms with Gasteiger partial charge in [0.25, 0.3) is 0 Å². The number of hydrogen-bond acceptors (Lipinski definition) is 4. The summed E-state index contributed by atoms with van der Waals surface area (Å²) in [6, 6.07) is 20.1. The molecule has 260 valence electrons. The van der Waals surface area contributed by atoms with Crippen LogP contribution >= 0.6 is 0 Å². The molecule has 5 nitrogen and oxygen atoms in total. The number of allylic oxidation sites excluding steroid dienone is 5. The maximum Gasteiger partial charge on any atom is 0.209 e. The van der Waals surface area contributed by atoms with Crippen LogP contribution in [0.1, 0.15) is 89.2 Å². The van der Waals surface area contributed by atoms with Crippen molar-refractivity contribution in [3.8, 4) is 0 Å². The lowest BCUT2D eigenvalue weighted by atomic mass is 9.84. The average molecular weight is 687 g/mol. The first kappa shape index (κ1) is 36.8. The van der Waals surface area contributed by atoms with Gasteiger partial charge in [0.15, 0.2) is 0 Å². The van der Waals surface area contributed by atoms with Crippen LogP contribution < -0.4 is 10.3 Å². The van der Waals surface area contributed by atoms with Crippen LogP contribution in [-0.2, 0) is 10.1 Å². The smallest absolute Gasteiger partial charge is 0.209 e. The summed E-state index contributed by atoms with van der Waals surface area (Å²) in [6.07, 6.45) is 6.25. The van der Waals surface area contributed by atoms with Crippen molar-refractivity contribution in [1.82, 2.24) is 0 Å². The Morgan fingerprint density at radius 2 is 1.30 bits per heavy atom. The Hall–Kier alpha value is -4.52. The molecule has 0 radical (unpaired) electrons. The second-order valence-electron chi connectivity index (χ2n) is 14.5. The number of nitrogens with one attached hydrogen (secondary N) is 2. The lowest BCUT2D eigenvalue weighted by Crippen LogP contribution is -2.67. The summed E-state index contributed by atoms with van der Waals surface area (Å²) >= 11 is 0. The fraction of sp³-hybridized carbons (Fsp3) is 0.295. The van der Waals surface area contributed by atoms with Gasteiger partial charge < -0.3 is 9.87 Å². The molecule has 0 amide bonds. The number of rotatable bonds is 8. The van der Waals surface area contributed by atoms with E-state index in [4.69, 9.17) is 0 Å². The Labute approximate surface area is 299 Å². The van der Waals surface area contributed by atoms with Gasteiger partial charge in [0.05, 0.1) is 4.90 Å². The molecule has 0 aliphatic heterocycles. The van der Waals surface area contributed by atoms with Crippen LogP contribution in [0.2, 0.25) is 0 Å². The van der Waals surface area contributed by atoms with Gasteiger partial charge in [-0.25, -0.2) is 13.4 Å². The minimum Gasteiger partial charge on any atom is -0.744 e. The summed E-state index contributed by atoms with van der Waals surface area (Å²) in [7, 11) is -4.79. The molecule has 0 heterocycles. The predicted molar refractivity (Wildman–Crippen MR) is 208 cm³/mol. The molecule has 0 bridgehead atoms. The fourth-order valence-corrected chi connectivity index (χ4v) is 7.93. The van der Waals surface area contributed by atoms with Gasteiger partial charge in [0.1, 0.15) is 10.1 Å². The highest BCUT2D eigenvalue weighted by molar-refractivity contribution is 7.85. The first-order chi connectivity index (χ1) is 23.4. The summed E-state index contributed by atoms with van der Waals surface area (Å²) in [5.41, 5.74) is 16.9. The van der Waals surface area contributed by atoms with Crippen molar-refractivity contribution in [3.63, 3.8) is 0 Å². The third-order valence-corrected chi connectivity index (χ3v) is 10.4. The second kappa shape index (κ2) is 14.4. The molecule has 2 N–H and O–H groups in total. The van der Waals surface area contributed by atoms with Crippen LogP contribution in [0.15, 0.2) is 94.9 Å². The van der Waals surface area contributed by atoms with Crippen LogP contribution in [0.5, 0.6) is 0 Å². The Kier molecular flexibility index (Phi) is 10.6. The van der Waals surface area contributed by atoms with Gasteiger partial charge in [-0.05, 0) is 142 Å². The highest BCUT2D eigenvalue weighted by atomic mass is 32.2. The molecule has 0 unspecified atom stereocenters. The van der Waals surface area contributed by atoms with E-state index in [1.54, 1.807) is 13.0 Å². The number of aryl methyl sites for hydroxylation is 7. The van der Waals surface area contributed by atoms with Crippen LogP contribution in [0.25, 0.3) is 5.57 Å². The van der Waals surface area contributed by atoms with E-state index in [-0.39, 0.29) is 16.7 Å². The molecule has 6 heteroatoms. The number of benzene rings is 4. The molecule has 5 rings (SSSR count). The van der Waals surface area contributed by atoms with Gasteiger partial charge in [-0.15, -0.1) is 0 Å². The van der Waals surface area contributed by atoms with Crippen LogP contribution in [0, 0.1) is 54.4 Å². The molecule has 0 aromatic heterocycles. The molecule has 0 saturated carbocycles. The van der Waals surface area contributed by atoms with E-state index in [9.17, 15) is 13.0 Å². The maximum atomic E-state index is 12.8. The maximum absolute atomic E-state index is 12.8. The SMILES string of the molecule is Cc1cc(C)c(Nc2ccc(C(=C3C=CC(=[NH+]c4c(C)cc(C)cc4C)C(C(C)C)=C3)c3ccc(C)cc3S(=O)(=O)[O-])cc2C(C)C)c(C)c1. The van der Waals surface area contributed by atoms with E-state index in [1.165, 1.54) is 39.4 Å². The zero-order valence-electron chi connectivity index (χ0n) is 31.3. The van der Waals surface area contributed by atoms with E-state index in [1.807, 2.05) is 18.2 Å². The fourth-order valence-electron chi connectivity index (χ4n) is 7.16. The van der Waals surface area contributed by atoms with Crippen molar-refractivity contribution in [1.29, 1.82) is 0 Å². The van der Waals surface area contributed by atoms with Crippen molar-refractivity contribution in [2.24, 2.45) is 5.92 Å². The van der Waals surface area contributed by atoms with Gasteiger partial charge in [0.2, 0.25) is 11.4 Å². The molecule has 1 aliphatic rings. The molecule has 0 spiro atoms. The van der Waals surface area contributed by atoms with Crippen LogP contribution in [0.4, 0.5) is 17.1 Å². The van der Waals surface area contributed by atoms with Gasteiger partial charge in [-0.1, -0.05) is 69.2 Å². The largest absolute Gasteiger partial charge is 0.744 e. The highest BCUT2D eigenvalue weighted by Gasteiger charge is 2.25. The van der Waals surface area contributed by atoms with Crippen molar-refractivity contribution >= 4 is 38.5 Å². The molecule has 0 fully saturated rings. The van der Waals surface area contributed by atoms with Crippen LogP contribution in [0.3, 0.4) is 0 Å². The molecule has 0 saturated heterocycles. The Morgan fingerprint density at radius 3 is 1.86 bits per heavy atom. The molecule has 4 aromatic carbocycles. The zero-order valence-corrected chi connectivity index (χ0v) is 32.1. The third-order valence-electron chi connectivity index (χ3n) is 9.47. The molecule has 4 aromatic rings. The monoisotopic (exact) mass is 686 g/mol. The van der Waals surface area contributed by atoms with Crippen molar-refractivity contribution < 1.29 is 18.0 Å². The normalized spacial score (nSPS) is 15.2. The molecule has 50 heavy (non-hydrogen) atoms. The zero-order chi connectivity index (χ0) is 36.7. The Balaban J connectivity index is 1.78. The van der Waals surface area contributed by atoms with E-state index in [2.05, 4.69) is 128 Å². The topological polar surface area (TPSA) is 83.2 Å². The summed E-state index contributed by atoms with van der Waals surface area (Å²) in [5.74, 6) is 0.313. The number of hydrogen-bond donors (Lipinski definition) is 2. The van der Waals surface area contributed by atoms with Crippen molar-refractivity contribution in [3.05, 3.63) is 146 Å². The van der Waals surface area contributed by atoms with Gasteiger partial charge in [0, 0.05) is 39.7 Å². The first-order valence-electron chi connectivity index (χ1n) is 17.4. The average Bonchev–Trinajstić information content (AvgIpc) is 3.01. The summed E-state index contributed by atoms with van der Waals surface area (Å²) < 4.78 is 38.5. The van der Waals surface area contributed by atoms with Crippen molar-refractivity contribution in [2.45, 2.75) is 87.0 Å². The number of anilines is 2. The molecule has 0 atom stereocenters. The Morgan fingerprint density at radius 1 is 0.700 bits per heavy atom. The summed E-state index contributed by atoms with van der Waals surface area (Å²) in [5, 5.41) is 3.71. The predicted octanol–water partition coefficient (Wildman–Crippen LogP) is 9.42. The molecule has 1 aliphatic carbocycles. The Bertz CT molecular complexity index is 2190. The minimum absolute atomic E-state index is 0.157. The van der Waals surface area contributed by atoms with Gasteiger partial charge >= 0.3 is 0 Å². The van der Waals surface area contributed by atoms with E-state index >= 15 is 0 Å². The first-order valence-corrected chi connectivity index (χ1v) is 18.8. The van der Waals surface area contributed by atoms with Crippen LogP contribution in [-0.4, -0.2) is 18.7 Å². The minimum atomic E-state index is -4.79. The third kappa shape index (κ3) is 7.77. The standard InChI is InChI=1S/C44H50N2O3S/c1-25(2)37-23-34(13-16-39(37)45-43-30(8)18-28(6)19-31(43)9)42(36-15-12-27(5)22-41(36)50(47,48)49)35-14-17-40(38(24-35)26(3)4)46-44-32(10)20-29(7)21-33(44)11/h12-26,45H,1-11H3,(H,47,48,49). The lowest BCUT2D eigenvalue weighted by Gasteiger charge is -2.23. The second-order valence-corrected chi connectivity index (χ2v) is 15.9. The quantitative estimate of drug-likeness (QED) is 0.181. The molecular formula is C44H50N2O3S. The van der Waals surface area contributed by atoms with Crippen molar-refractivity contribution in [2.75, 3.05) is 5.32 Å². The summed E-state index contributed by atoms with van der Waals surface area (Å²) in [4.78, 5) is 3.49. The summed E-state index contributed by atoms with van der Waals surface area (Å²) in [6.45, 7) is 23.1. The highest BCUT2D eigenvalue weighted by Crippen LogP contribution is 2.39. The van der Waals surface area contributed by atoms with Gasteiger partial charge in [-0.3, -0.25) is 0 Å².